The zero-order valence-electron chi connectivity index (χ0n) is 9.82. The summed E-state index contributed by atoms with van der Waals surface area (Å²) in [5.41, 5.74) is 0.893. The van der Waals surface area contributed by atoms with Crippen molar-refractivity contribution >= 4 is 5.69 Å². The lowest BCUT2D eigenvalue weighted by molar-refractivity contribution is 0.475. The summed E-state index contributed by atoms with van der Waals surface area (Å²) in [6.07, 6.45) is 0. The van der Waals surface area contributed by atoms with Gasteiger partial charge in [0, 0.05) is 17.3 Å². The molecule has 0 aliphatic heterocycles. The summed E-state index contributed by atoms with van der Waals surface area (Å²) in [4.78, 5) is 0. The Labute approximate surface area is 104 Å². The summed E-state index contributed by atoms with van der Waals surface area (Å²) < 4.78 is 26.6. The molecule has 1 unspecified atom stereocenters. The molecule has 0 saturated carbocycles. The van der Waals surface area contributed by atoms with Gasteiger partial charge in [-0.25, -0.2) is 8.78 Å². The van der Waals surface area contributed by atoms with Crippen molar-refractivity contribution < 1.29 is 13.9 Å². The van der Waals surface area contributed by atoms with Gasteiger partial charge in [-0.15, -0.1) is 0 Å². The Hall–Kier alpha value is -2.10. The van der Waals surface area contributed by atoms with Crippen LogP contribution in [-0.4, -0.2) is 5.11 Å². The molecule has 0 spiro atoms. The standard InChI is InChI=1S/C14H13F2NO/c1-9(13-7-10(15)5-6-14(13)16)17-11-3-2-4-12(18)8-11/h2-9,17-18H,1H3. The van der Waals surface area contributed by atoms with Crippen LogP contribution in [0.25, 0.3) is 0 Å². The van der Waals surface area contributed by atoms with E-state index < -0.39 is 17.7 Å². The van der Waals surface area contributed by atoms with Crippen LogP contribution in [0, 0.1) is 11.6 Å². The van der Waals surface area contributed by atoms with Crippen LogP contribution in [0.3, 0.4) is 0 Å². The van der Waals surface area contributed by atoms with Gasteiger partial charge in [0.05, 0.1) is 6.04 Å². The van der Waals surface area contributed by atoms with Crippen molar-refractivity contribution in [3.05, 3.63) is 59.7 Å². The van der Waals surface area contributed by atoms with E-state index in [9.17, 15) is 13.9 Å². The predicted octanol–water partition coefficient (Wildman–Crippen LogP) is 3.84. The number of hydrogen-bond donors (Lipinski definition) is 2. The molecule has 2 aromatic rings. The van der Waals surface area contributed by atoms with Gasteiger partial charge in [-0.1, -0.05) is 6.07 Å². The molecule has 0 amide bonds. The van der Waals surface area contributed by atoms with E-state index in [4.69, 9.17) is 0 Å². The van der Waals surface area contributed by atoms with Gasteiger partial charge >= 0.3 is 0 Å². The monoisotopic (exact) mass is 249 g/mol. The van der Waals surface area contributed by atoms with Crippen LogP contribution in [0.1, 0.15) is 18.5 Å². The van der Waals surface area contributed by atoms with Crippen LogP contribution in [0.2, 0.25) is 0 Å². The van der Waals surface area contributed by atoms with Gasteiger partial charge in [-0.3, -0.25) is 0 Å². The molecule has 0 aromatic heterocycles. The highest BCUT2D eigenvalue weighted by Gasteiger charge is 2.12. The molecule has 0 heterocycles. The molecule has 4 heteroatoms. The molecule has 2 N–H and O–H groups in total. The zero-order chi connectivity index (χ0) is 13.1. The first-order valence-corrected chi connectivity index (χ1v) is 5.57. The van der Waals surface area contributed by atoms with Crippen molar-refractivity contribution in [2.24, 2.45) is 0 Å². The van der Waals surface area contributed by atoms with Crippen LogP contribution in [0.4, 0.5) is 14.5 Å². The van der Waals surface area contributed by atoms with E-state index >= 15 is 0 Å². The molecule has 18 heavy (non-hydrogen) atoms. The van der Waals surface area contributed by atoms with E-state index in [0.29, 0.717) is 5.69 Å². The van der Waals surface area contributed by atoms with Crippen LogP contribution in [-0.2, 0) is 0 Å². The minimum atomic E-state index is -0.476. The Morgan fingerprint density at radius 3 is 2.61 bits per heavy atom. The average molecular weight is 249 g/mol. The summed E-state index contributed by atoms with van der Waals surface area (Å²) >= 11 is 0. The summed E-state index contributed by atoms with van der Waals surface area (Å²) in [5, 5.41) is 12.3. The number of anilines is 1. The van der Waals surface area contributed by atoms with E-state index in [1.165, 1.54) is 6.07 Å². The summed E-state index contributed by atoms with van der Waals surface area (Å²) in [5.74, 6) is -0.820. The summed E-state index contributed by atoms with van der Waals surface area (Å²) in [7, 11) is 0. The van der Waals surface area contributed by atoms with E-state index in [1.807, 2.05) is 0 Å². The van der Waals surface area contributed by atoms with Crippen molar-refractivity contribution in [2.45, 2.75) is 13.0 Å². The number of phenolic OH excluding ortho intramolecular Hbond substituents is 1. The van der Waals surface area contributed by atoms with E-state index in [2.05, 4.69) is 5.32 Å². The smallest absolute Gasteiger partial charge is 0.128 e. The Kier molecular flexibility index (Phi) is 3.46. The molecule has 2 aromatic carbocycles. The van der Waals surface area contributed by atoms with E-state index in [-0.39, 0.29) is 11.3 Å². The first-order valence-electron chi connectivity index (χ1n) is 5.57. The number of aromatic hydroxyl groups is 1. The highest BCUT2D eigenvalue weighted by molar-refractivity contribution is 5.49. The second-order valence-electron chi connectivity index (χ2n) is 4.08. The molecule has 0 fully saturated rings. The van der Waals surface area contributed by atoms with Gasteiger partial charge in [0.25, 0.3) is 0 Å². The Bertz CT molecular complexity index is 557. The quantitative estimate of drug-likeness (QED) is 0.866. The third-order valence-electron chi connectivity index (χ3n) is 2.65. The van der Waals surface area contributed by atoms with Crippen LogP contribution >= 0.6 is 0 Å². The lowest BCUT2D eigenvalue weighted by Crippen LogP contribution is -2.08. The van der Waals surface area contributed by atoms with Gasteiger partial charge in [0.15, 0.2) is 0 Å². The third kappa shape index (κ3) is 2.77. The van der Waals surface area contributed by atoms with Crippen LogP contribution in [0.5, 0.6) is 5.75 Å². The molecule has 0 aliphatic carbocycles. The van der Waals surface area contributed by atoms with E-state index in [0.717, 1.165) is 18.2 Å². The Morgan fingerprint density at radius 1 is 1.11 bits per heavy atom. The highest BCUT2D eigenvalue weighted by Crippen LogP contribution is 2.24. The fraction of sp³-hybridized carbons (Fsp3) is 0.143. The second kappa shape index (κ2) is 5.04. The summed E-state index contributed by atoms with van der Waals surface area (Å²) in [6, 6.07) is 9.43. The number of hydrogen-bond acceptors (Lipinski definition) is 2. The van der Waals surface area contributed by atoms with Gasteiger partial charge in [0.2, 0.25) is 0 Å². The van der Waals surface area contributed by atoms with Gasteiger partial charge in [-0.2, -0.15) is 0 Å². The van der Waals surface area contributed by atoms with Crippen LogP contribution < -0.4 is 5.32 Å². The molecule has 0 aliphatic rings. The molecule has 2 nitrogen and oxygen atoms in total. The minimum absolute atomic E-state index is 0.118. The van der Waals surface area contributed by atoms with Gasteiger partial charge in [-0.05, 0) is 37.3 Å². The topological polar surface area (TPSA) is 32.3 Å². The maximum atomic E-state index is 13.5. The number of halogens is 2. The molecular weight excluding hydrogens is 236 g/mol. The number of rotatable bonds is 3. The largest absolute Gasteiger partial charge is 0.508 e. The van der Waals surface area contributed by atoms with Crippen molar-refractivity contribution in [2.75, 3.05) is 5.32 Å². The zero-order valence-corrected chi connectivity index (χ0v) is 9.82. The fourth-order valence-corrected chi connectivity index (χ4v) is 1.77. The lowest BCUT2D eigenvalue weighted by Gasteiger charge is -2.16. The Balaban J connectivity index is 2.21. The van der Waals surface area contributed by atoms with Crippen molar-refractivity contribution in [3.63, 3.8) is 0 Å². The normalized spacial score (nSPS) is 12.2. The number of nitrogens with one attached hydrogen (secondary N) is 1. The molecule has 2 rings (SSSR count). The van der Waals surface area contributed by atoms with Gasteiger partial charge in [0.1, 0.15) is 17.4 Å². The first-order chi connectivity index (χ1) is 8.56. The molecule has 0 radical (unpaired) electrons. The van der Waals surface area contributed by atoms with Crippen LogP contribution in [0.15, 0.2) is 42.5 Å². The molecule has 0 bridgehead atoms. The van der Waals surface area contributed by atoms with Crippen molar-refractivity contribution in [1.82, 2.24) is 0 Å². The summed E-state index contributed by atoms with van der Waals surface area (Å²) in [6.45, 7) is 1.72. The highest BCUT2D eigenvalue weighted by atomic mass is 19.1. The maximum Gasteiger partial charge on any atom is 0.128 e. The fourth-order valence-electron chi connectivity index (χ4n) is 1.77. The SMILES string of the molecule is CC(Nc1cccc(O)c1)c1cc(F)ccc1F. The first kappa shape index (κ1) is 12.4. The lowest BCUT2D eigenvalue weighted by atomic mass is 10.1. The van der Waals surface area contributed by atoms with E-state index in [1.54, 1.807) is 25.1 Å². The number of benzene rings is 2. The van der Waals surface area contributed by atoms with Gasteiger partial charge < -0.3 is 10.4 Å². The average Bonchev–Trinajstić information content (AvgIpc) is 2.32. The maximum absolute atomic E-state index is 13.5. The third-order valence-corrected chi connectivity index (χ3v) is 2.65. The molecule has 0 saturated heterocycles. The molecular formula is C14H13F2NO. The minimum Gasteiger partial charge on any atom is -0.508 e. The van der Waals surface area contributed by atoms with Crippen molar-refractivity contribution in [1.29, 1.82) is 0 Å². The predicted molar refractivity (Wildman–Crippen MR) is 66.5 cm³/mol. The Morgan fingerprint density at radius 2 is 1.89 bits per heavy atom. The van der Waals surface area contributed by atoms with Crippen molar-refractivity contribution in [3.8, 4) is 5.75 Å². The molecule has 94 valence electrons. The second-order valence-corrected chi connectivity index (χ2v) is 4.08. The number of phenols is 1. The molecule has 1 atom stereocenters.